The summed E-state index contributed by atoms with van der Waals surface area (Å²) in [6.07, 6.45) is 1.49. The molecule has 1 aromatic heterocycles. The second-order valence-corrected chi connectivity index (χ2v) is 6.46. The molecule has 4 rings (SSSR count). The van der Waals surface area contributed by atoms with Crippen LogP contribution in [0.3, 0.4) is 0 Å². The fourth-order valence-electron chi connectivity index (χ4n) is 3.37. The number of phenolic OH excluding ortho intramolecular Hbond substituents is 1. The molecule has 1 atom stereocenters. The number of ketones is 1. The van der Waals surface area contributed by atoms with E-state index in [2.05, 4.69) is 0 Å². The largest absolute Gasteiger partial charge is 0.508 e. The molecule has 6 heteroatoms. The van der Waals surface area contributed by atoms with E-state index >= 15 is 0 Å². The van der Waals surface area contributed by atoms with Gasteiger partial charge in [-0.2, -0.15) is 0 Å². The number of benzene rings is 2. The van der Waals surface area contributed by atoms with Crippen LogP contribution < -0.4 is 0 Å². The minimum absolute atomic E-state index is 0.00782. The smallest absolute Gasteiger partial charge is 0.296 e. The zero-order valence-electron chi connectivity index (χ0n) is 14.8. The van der Waals surface area contributed by atoms with E-state index in [0.717, 1.165) is 0 Å². The van der Waals surface area contributed by atoms with Gasteiger partial charge in [-0.15, -0.1) is 0 Å². The molecule has 0 spiro atoms. The molecule has 0 saturated carbocycles. The molecule has 1 saturated heterocycles. The van der Waals surface area contributed by atoms with Gasteiger partial charge in [-0.1, -0.05) is 42.5 Å². The van der Waals surface area contributed by atoms with Crippen LogP contribution in [0.1, 0.15) is 22.9 Å². The Morgan fingerprint density at radius 2 is 1.68 bits per heavy atom. The van der Waals surface area contributed by atoms with Gasteiger partial charge in [0, 0.05) is 5.56 Å². The van der Waals surface area contributed by atoms with Gasteiger partial charge in [0.05, 0.1) is 24.4 Å². The summed E-state index contributed by atoms with van der Waals surface area (Å²) in [6.45, 7) is 0.0781. The van der Waals surface area contributed by atoms with Crippen LogP contribution in [0.15, 0.2) is 83.0 Å². The van der Waals surface area contributed by atoms with Crippen LogP contribution in [0.25, 0.3) is 5.76 Å². The number of likely N-dealkylation sites (tertiary alicyclic amines) is 1. The average molecular weight is 375 g/mol. The molecular formula is C22H17NO5. The summed E-state index contributed by atoms with van der Waals surface area (Å²) in [5, 5.41) is 20.5. The van der Waals surface area contributed by atoms with E-state index in [1.54, 1.807) is 54.6 Å². The topological polar surface area (TPSA) is 91.0 Å². The van der Waals surface area contributed by atoms with Gasteiger partial charge in [-0.05, 0) is 29.8 Å². The number of hydrogen-bond donors (Lipinski definition) is 2. The predicted octanol–water partition coefficient (Wildman–Crippen LogP) is 3.61. The van der Waals surface area contributed by atoms with E-state index in [0.29, 0.717) is 16.9 Å². The molecule has 1 unspecified atom stereocenters. The van der Waals surface area contributed by atoms with Crippen molar-refractivity contribution in [3.8, 4) is 5.75 Å². The Kier molecular flexibility index (Phi) is 4.45. The van der Waals surface area contributed by atoms with Crippen molar-refractivity contribution in [1.29, 1.82) is 0 Å². The van der Waals surface area contributed by atoms with Crippen LogP contribution in [-0.4, -0.2) is 26.8 Å². The van der Waals surface area contributed by atoms with Gasteiger partial charge in [0.1, 0.15) is 17.3 Å². The monoisotopic (exact) mass is 375 g/mol. The summed E-state index contributed by atoms with van der Waals surface area (Å²) in [6, 6.07) is 17.4. The third-order valence-electron chi connectivity index (χ3n) is 4.70. The summed E-state index contributed by atoms with van der Waals surface area (Å²) < 4.78 is 5.34. The number of furan rings is 1. The molecule has 6 nitrogen and oxygen atoms in total. The van der Waals surface area contributed by atoms with E-state index in [1.165, 1.54) is 23.3 Å². The number of phenols is 1. The molecule has 2 N–H and O–H groups in total. The maximum Gasteiger partial charge on any atom is 0.296 e. The summed E-state index contributed by atoms with van der Waals surface area (Å²) >= 11 is 0. The van der Waals surface area contributed by atoms with Gasteiger partial charge in [0.2, 0.25) is 0 Å². The standard InChI is InChI=1S/C22H17NO5/c24-16-10-8-14(9-11-16)19-18(20(25)15-5-2-1-3-6-15)21(26)22(27)23(19)13-17-7-4-12-28-17/h1-12,19,24-25H,13H2/b20-18-. The van der Waals surface area contributed by atoms with Crippen molar-refractivity contribution < 1.29 is 24.2 Å². The van der Waals surface area contributed by atoms with E-state index < -0.39 is 17.7 Å². The van der Waals surface area contributed by atoms with Gasteiger partial charge in [-0.3, -0.25) is 9.59 Å². The van der Waals surface area contributed by atoms with Crippen molar-refractivity contribution in [2.24, 2.45) is 0 Å². The van der Waals surface area contributed by atoms with E-state index in [4.69, 9.17) is 4.42 Å². The molecular weight excluding hydrogens is 358 g/mol. The zero-order chi connectivity index (χ0) is 19.7. The van der Waals surface area contributed by atoms with E-state index in [9.17, 15) is 19.8 Å². The number of nitrogens with zero attached hydrogens (tertiary/aromatic N) is 1. The number of hydrogen-bond acceptors (Lipinski definition) is 5. The fourth-order valence-corrected chi connectivity index (χ4v) is 3.37. The molecule has 1 aliphatic rings. The van der Waals surface area contributed by atoms with Crippen LogP contribution in [0.2, 0.25) is 0 Å². The maximum atomic E-state index is 12.8. The highest BCUT2D eigenvalue weighted by Crippen LogP contribution is 2.40. The molecule has 28 heavy (non-hydrogen) atoms. The summed E-state index contributed by atoms with van der Waals surface area (Å²) in [7, 11) is 0. The van der Waals surface area contributed by atoms with Crippen LogP contribution >= 0.6 is 0 Å². The normalized spacial score (nSPS) is 18.6. The van der Waals surface area contributed by atoms with Crippen LogP contribution in [0, 0.1) is 0 Å². The van der Waals surface area contributed by atoms with Crippen molar-refractivity contribution in [2.75, 3.05) is 0 Å². The van der Waals surface area contributed by atoms with Gasteiger partial charge in [0.25, 0.3) is 11.7 Å². The van der Waals surface area contributed by atoms with Crippen molar-refractivity contribution in [1.82, 2.24) is 4.90 Å². The highest BCUT2D eigenvalue weighted by Gasteiger charge is 2.46. The minimum atomic E-state index is -0.800. The predicted molar refractivity (Wildman–Crippen MR) is 101 cm³/mol. The molecule has 140 valence electrons. The third kappa shape index (κ3) is 3.05. The fraction of sp³-hybridized carbons (Fsp3) is 0.0909. The summed E-state index contributed by atoms with van der Waals surface area (Å²) in [5.41, 5.74) is 1.05. The second-order valence-electron chi connectivity index (χ2n) is 6.46. The minimum Gasteiger partial charge on any atom is -0.508 e. The number of aromatic hydroxyl groups is 1. The number of aliphatic hydroxyl groups is 1. The van der Waals surface area contributed by atoms with Crippen LogP contribution in [0.4, 0.5) is 0 Å². The Morgan fingerprint density at radius 1 is 0.964 bits per heavy atom. The molecule has 1 amide bonds. The summed E-state index contributed by atoms with van der Waals surface area (Å²) in [5.74, 6) is -1.13. The SMILES string of the molecule is O=C1C(=O)N(Cc2ccco2)C(c2ccc(O)cc2)/C1=C(/O)c1ccccc1. The van der Waals surface area contributed by atoms with Crippen molar-refractivity contribution in [2.45, 2.75) is 12.6 Å². The first-order chi connectivity index (χ1) is 13.6. The van der Waals surface area contributed by atoms with Gasteiger partial charge < -0.3 is 19.5 Å². The molecule has 1 fully saturated rings. The zero-order valence-corrected chi connectivity index (χ0v) is 14.8. The molecule has 2 aromatic carbocycles. The Bertz CT molecular complexity index is 1040. The van der Waals surface area contributed by atoms with Crippen molar-refractivity contribution in [3.05, 3.63) is 95.5 Å². The number of Topliss-reactive ketones (excluding diaryl/α,β-unsaturated/α-hetero) is 1. The lowest BCUT2D eigenvalue weighted by Gasteiger charge is -2.24. The lowest BCUT2D eigenvalue weighted by molar-refractivity contribution is -0.140. The number of rotatable bonds is 4. The maximum absolute atomic E-state index is 12.8. The lowest BCUT2D eigenvalue weighted by atomic mass is 9.95. The van der Waals surface area contributed by atoms with Crippen LogP contribution in [0.5, 0.6) is 5.75 Å². The first-order valence-corrected chi connectivity index (χ1v) is 8.71. The number of carbonyl (C=O) groups is 2. The third-order valence-corrected chi connectivity index (χ3v) is 4.70. The van der Waals surface area contributed by atoms with Crippen molar-refractivity contribution >= 4 is 17.4 Å². The highest BCUT2D eigenvalue weighted by molar-refractivity contribution is 6.46. The lowest BCUT2D eigenvalue weighted by Crippen LogP contribution is -2.29. The first-order valence-electron chi connectivity index (χ1n) is 8.71. The Balaban J connectivity index is 1.86. The van der Waals surface area contributed by atoms with E-state index in [1.807, 2.05) is 0 Å². The quantitative estimate of drug-likeness (QED) is 0.413. The summed E-state index contributed by atoms with van der Waals surface area (Å²) in [4.78, 5) is 27.0. The molecule has 0 radical (unpaired) electrons. The van der Waals surface area contributed by atoms with Crippen LogP contribution in [-0.2, 0) is 16.1 Å². The molecule has 1 aliphatic heterocycles. The Labute approximate surface area is 161 Å². The number of amides is 1. The van der Waals surface area contributed by atoms with Gasteiger partial charge in [-0.25, -0.2) is 0 Å². The van der Waals surface area contributed by atoms with Crippen molar-refractivity contribution in [3.63, 3.8) is 0 Å². The van der Waals surface area contributed by atoms with Gasteiger partial charge in [0.15, 0.2) is 0 Å². The number of carbonyl (C=O) groups excluding carboxylic acids is 2. The molecule has 3 aromatic rings. The Morgan fingerprint density at radius 3 is 2.32 bits per heavy atom. The number of aliphatic hydroxyl groups excluding tert-OH is 1. The highest BCUT2D eigenvalue weighted by atomic mass is 16.3. The molecule has 2 heterocycles. The molecule has 0 bridgehead atoms. The average Bonchev–Trinajstić information content (AvgIpc) is 3.31. The Hall–Kier alpha value is -3.80. The second kappa shape index (κ2) is 7.08. The van der Waals surface area contributed by atoms with E-state index in [-0.39, 0.29) is 23.6 Å². The molecule has 0 aliphatic carbocycles. The van der Waals surface area contributed by atoms with Gasteiger partial charge >= 0.3 is 0 Å². The first kappa shape index (κ1) is 17.6.